The molecule has 0 bridgehead atoms. The summed E-state index contributed by atoms with van der Waals surface area (Å²) in [5, 5.41) is 1.23. The van der Waals surface area contributed by atoms with Crippen LogP contribution in [-0.4, -0.2) is 47.1 Å². The molecule has 0 radical (unpaired) electrons. The van der Waals surface area contributed by atoms with Gasteiger partial charge in [-0.3, -0.25) is 14.6 Å². The maximum absolute atomic E-state index is 12.7. The van der Waals surface area contributed by atoms with Crippen molar-refractivity contribution in [3.8, 4) is 0 Å². The van der Waals surface area contributed by atoms with Crippen LogP contribution in [0.2, 0.25) is 10.0 Å². The van der Waals surface area contributed by atoms with E-state index in [2.05, 4.69) is 18.0 Å². The van der Waals surface area contributed by atoms with Gasteiger partial charge in [0.25, 0.3) is 0 Å². The minimum Gasteiger partial charge on any atom is -0.443 e. The number of nitrogens with zero attached hydrogens (tertiary/aromatic N) is 2. The lowest BCUT2D eigenvalue weighted by atomic mass is 9.84. The number of benzene rings is 2. The van der Waals surface area contributed by atoms with E-state index in [1.54, 1.807) is 39.0 Å². The number of piperidine rings is 1. The third kappa shape index (κ3) is 8.40. The molecule has 0 aromatic heterocycles. The Morgan fingerprint density at radius 1 is 1.00 bits per heavy atom. The topological polar surface area (TPSA) is 76.0 Å². The highest BCUT2D eigenvalue weighted by molar-refractivity contribution is 6.31. The number of amides is 2. The number of carbonyl (C=O) groups is 3. The molecule has 6 nitrogen and oxygen atoms in total. The monoisotopic (exact) mass is 558 g/mol. The quantitative estimate of drug-likeness (QED) is 0.288. The molecule has 3 atom stereocenters. The summed E-state index contributed by atoms with van der Waals surface area (Å²) in [6.07, 6.45) is 2.03. The molecule has 0 aliphatic carbocycles. The number of aliphatic imine (C=N–C) groups is 1. The first-order chi connectivity index (χ1) is 17.8. The molecule has 0 saturated carbocycles. The molecule has 2 amide bonds. The summed E-state index contributed by atoms with van der Waals surface area (Å²) in [7, 11) is 0. The number of ketones is 1. The molecule has 4 rings (SSSR count). The second kappa shape index (κ2) is 12.9. The van der Waals surface area contributed by atoms with Crippen molar-refractivity contribution in [1.82, 2.24) is 4.90 Å². The molecule has 2 heterocycles. The standard InChI is InChI=1S/C18H22ClNO4.C12H14ClN/c1-11-8-14(15(21)12-6-5-7-13(19)9-12)16(22)20(10-11)17(23)24-18(2,3)4;1-9-5-6-12(14-8-9)10-3-2-4-11(13)7-10/h5-7,9,11,14H,8,10H2,1-4H3;2-4,7,9H,5-6,8H2,1H3/t11-,14?;9-/m00/s1. The average molecular weight is 560 g/mol. The smallest absolute Gasteiger partial charge is 0.417 e. The zero-order valence-corrected chi connectivity index (χ0v) is 24.2. The number of rotatable bonds is 3. The molecule has 0 spiro atoms. The Balaban J connectivity index is 0.000000241. The van der Waals surface area contributed by atoms with Gasteiger partial charge in [-0.25, -0.2) is 9.69 Å². The summed E-state index contributed by atoms with van der Waals surface area (Å²) in [6.45, 7) is 10.6. The fourth-order valence-corrected chi connectivity index (χ4v) is 4.81. The van der Waals surface area contributed by atoms with E-state index in [9.17, 15) is 14.4 Å². The fraction of sp³-hybridized carbons (Fsp3) is 0.467. The molecule has 38 heavy (non-hydrogen) atoms. The van der Waals surface area contributed by atoms with Gasteiger partial charge >= 0.3 is 6.09 Å². The molecule has 8 heteroatoms. The van der Waals surface area contributed by atoms with Crippen LogP contribution in [0.3, 0.4) is 0 Å². The van der Waals surface area contributed by atoms with Crippen molar-refractivity contribution in [1.29, 1.82) is 0 Å². The molecular formula is C30H36Cl2N2O4. The Bertz CT molecular complexity index is 1200. The summed E-state index contributed by atoms with van der Waals surface area (Å²) in [5.74, 6) is -0.962. The number of Topliss-reactive ketones (excluding diaryl/α,β-unsaturated/α-hetero) is 1. The lowest BCUT2D eigenvalue weighted by Gasteiger charge is -2.35. The fourth-order valence-electron chi connectivity index (χ4n) is 4.43. The second-order valence-electron chi connectivity index (χ2n) is 11.1. The highest BCUT2D eigenvalue weighted by Crippen LogP contribution is 2.28. The molecule has 2 aliphatic rings. The van der Waals surface area contributed by atoms with Crippen LogP contribution in [0.15, 0.2) is 53.5 Å². The zero-order chi connectivity index (χ0) is 28.0. The predicted octanol–water partition coefficient (Wildman–Crippen LogP) is 7.50. The van der Waals surface area contributed by atoms with Crippen LogP contribution in [-0.2, 0) is 9.53 Å². The summed E-state index contributed by atoms with van der Waals surface area (Å²) in [5.41, 5.74) is 2.07. The number of imide groups is 1. The van der Waals surface area contributed by atoms with E-state index in [0.29, 0.717) is 17.0 Å². The normalized spacial score (nSPS) is 21.7. The highest BCUT2D eigenvalue weighted by atomic mass is 35.5. The Morgan fingerprint density at radius 2 is 1.66 bits per heavy atom. The molecule has 1 saturated heterocycles. The van der Waals surface area contributed by atoms with Crippen molar-refractivity contribution in [3.05, 3.63) is 69.7 Å². The van der Waals surface area contributed by atoms with Crippen molar-refractivity contribution in [3.63, 3.8) is 0 Å². The minimum atomic E-state index is -0.889. The Kier molecular flexibility index (Phi) is 10.1. The van der Waals surface area contributed by atoms with Gasteiger partial charge in [-0.1, -0.05) is 61.3 Å². The van der Waals surface area contributed by atoms with E-state index in [1.807, 2.05) is 25.1 Å². The van der Waals surface area contributed by atoms with Crippen molar-refractivity contribution in [2.45, 2.75) is 59.5 Å². The molecule has 0 N–H and O–H groups in total. The van der Waals surface area contributed by atoms with Gasteiger partial charge in [-0.15, -0.1) is 0 Å². The molecule has 1 fully saturated rings. The molecule has 1 unspecified atom stereocenters. The van der Waals surface area contributed by atoms with E-state index >= 15 is 0 Å². The summed E-state index contributed by atoms with van der Waals surface area (Å²) in [6, 6.07) is 14.5. The van der Waals surface area contributed by atoms with E-state index in [-0.39, 0.29) is 18.2 Å². The van der Waals surface area contributed by atoms with Crippen LogP contribution in [0.25, 0.3) is 0 Å². The number of ether oxygens (including phenoxy) is 1. The maximum Gasteiger partial charge on any atom is 0.417 e. The van der Waals surface area contributed by atoms with Crippen molar-refractivity contribution in [2.75, 3.05) is 13.1 Å². The van der Waals surface area contributed by atoms with Gasteiger partial charge in [-0.05, 0) is 81.7 Å². The zero-order valence-electron chi connectivity index (χ0n) is 22.7. The van der Waals surface area contributed by atoms with Gasteiger partial charge in [0.05, 0.1) is 0 Å². The maximum atomic E-state index is 12.7. The van der Waals surface area contributed by atoms with Gasteiger partial charge in [0.15, 0.2) is 5.78 Å². The predicted molar refractivity (Wildman–Crippen MR) is 152 cm³/mol. The number of carbonyl (C=O) groups excluding carboxylic acids is 3. The second-order valence-corrected chi connectivity index (χ2v) is 12.0. The third-order valence-corrected chi connectivity index (χ3v) is 6.83. The number of likely N-dealkylation sites (tertiary alicyclic amines) is 1. The molecule has 2 aliphatic heterocycles. The minimum absolute atomic E-state index is 0.0170. The van der Waals surface area contributed by atoms with Gasteiger partial charge in [-0.2, -0.15) is 0 Å². The number of hydrogen-bond donors (Lipinski definition) is 0. The van der Waals surface area contributed by atoms with Gasteiger partial charge in [0, 0.05) is 34.4 Å². The van der Waals surface area contributed by atoms with Crippen molar-refractivity contribution < 1.29 is 19.1 Å². The first-order valence-electron chi connectivity index (χ1n) is 13.0. The van der Waals surface area contributed by atoms with Crippen LogP contribution in [0, 0.1) is 17.8 Å². The van der Waals surface area contributed by atoms with E-state index in [4.69, 9.17) is 27.9 Å². The third-order valence-electron chi connectivity index (χ3n) is 6.36. The lowest BCUT2D eigenvalue weighted by Crippen LogP contribution is -2.51. The van der Waals surface area contributed by atoms with Crippen LogP contribution in [0.4, 0.5) is 4.79 Å². The lowest BCUT2D eigenvalue weighted by molar-refractivity contribution is -0.136. The Morgan fingerprint density at radius 3 is 2.24 bits per heavy atom. The Hall–Kier alpha value is -2.70. The van der Waals surface area contributed by atoms with E-state index in [1.165, 1.54) is 23.8 Å². The summed E-state index contributed by atoms with van der Waals surface area (Å²) in [4.78, 5) is 43.3. The largest absolute Gasteiger partial charge is 0.443 e. The van der Waals surface area contributed by atoms with Crippen molar-refractivity contribution in [2.24, 2.45) is 22.7 Å². The van der Waals surface area contributed by atoms with E-state index < -0.39 is 23.5 Å². The first-order valence-corrected chi connectivity index (χ1v) is 13.7. The van der Waals surface area contributed by atoms with Crippen LogP contribution in [0.5, 0.6) is 0 Å². The van der Waals surface area contributed by atoms with Crippen molar-refractivity contribution >= 4 is 46.7 Å². The summed E-state index contributed by atoms with van der Waals surface area (Å²) < 4.78 is 5.28. The average Bonchev–Trinajstić information content (AvgIpc) is 2.84. The first kappa shape index (κ1) is 29.9. The number of hydrogen-bond acceptors (Lipinski definition) is 5. The summed E-state index contributed by atoms with van der Waals surface area (Å²) >= 11 is 11.9. The Labute approximate surface area is 235 Å². The molecule has 2 aromatic rings. The number of halogens is 2. The van der Waals surface area contributed by atoms with Crippen LogP contribution >= 0.6 is 23.2 Å². The van der Waals surface area contributed by atoms with E-state index in [0.717, 1.165) is 28.8 Å². The van der Waals surface area contributed by atoms with Crippen LogP contribution < -0.4 is 0 Å². The van der Waals surface area contributed by atoms with Crippen LogP contribution in [0.1, 0.15) is 69.8 Å². The molecular weight excluding hydrogens is 523 g/mol. The highest BCUT2D eigenvalue weighted by Gasteiger charge is 2.41. The SMILES string of the molecule is C[C@H]1CC(C(=O)c2cccc(Cl)c2)C(=O)N(C(=O)OC(C)(C)C)C1.C[C@H]1CCC(c2cccc(Cl)c2)=NC1. The molecule has 2 aromatic carbocycles. The molecule has 204 valence electrons. The van der Waals surface area contributed by atoms with Gasteiger partial charge in [0.1, 0.15) is 11.5 Å². The van der Waals surface area contributed by atoms with Gasteiger partial charge < -0.3 is 4.74 Å². The van der Waals surface area contributed by atoms with Gasteiger partial charge in [0.2, 0.25) is 5.91 Å².